The van der Waals surface area contributed by atoms with E-state index in [2.05, 4.69) is 32.3 Å². The fraction of sp³-hybridized carbons (Fsp3) is 0.300. The number of pyridine rings is 1. The molecule has 0 saturated heterocycles. The molecule has 1 aliphatic rings. The molecule has 28 heavy (non-hydrogen) atoms. The molecule has 1 saturated carbocycles. The van der Waals surface area contributed by atoms with Crippen LogP contribution in [0.2, 0.25) is 0 Å². The molecule has 0 atom stereocenters. The molecule has 0 unspecified atom stereocenters. The Labute approximate surface area is 170 Å². The van der Waals surface area contributed by atoms with Gasteiger partial charge in [-0.2, -0.15) is 0 Å². The van der Waals surface area contributed by atoms with Crippen molar-refractivity contribution < 1.29 is 0 Å². The number of hydrogen-bond donors (Lipinski definition) is 0. The molecule has 1 fully saturated rings. The zero-order valence-electron chi connectivity index (χ0n) is 15.4. The molecule has 0 N–H and O–H groups in total. The Morgan fingerprint density at radius 2 is 2.14 bits per heavy atom. The highest BCUT2D eigenvalue weighted by Crippen LogP contribution is 2.39. The second kappa shape index (κ2) is 7.18. The number of rotatable bonds is 6. The molecule has 1 aliphatic carbocycles. The van der Waals surface area contributed by atoms with Gasteiger partial charge in [-0.05, 0) is 42.8 Å². The summed E-state index contributed by atoms with van der Waals surface area (Å²) in [6, 6.07) is 10.2. The maximum Gasteiger partial charge on any atom is 0.258 e. The van der Waals surface area contributed by atoms with Crippen LogP contribution in [0.25, 0.3) is 5.65 Å². The Balaban J connectivity index is 1.41. The second-order valence-corrected chi connectivity index (χ2v) is 8.99. The van der Waals surface area contributed by atoms with Crippen molar-refractivity contribution in [3.8, 4) is 0 Å². The second-order valence-electron chi connectivity index (χ2n) is 7.02. The maximum atomic E-state index is 12.4. The fourth-order valence-electron chi connectivity index (χ4n) is 3.32. The lowest BCUT2D eigenvalue weighted by Crippen LogP contribution is -2.15. The highest BCUT2D eigenvalue weighted by atomic mass is 32.2. The molecule has 0 amide bonds. The number of aryl methyl sites for hydroxylation is 1. The Kier molecular flexibility index (Phi) is 4.52. The summed E-state index contributed by atoms with van der Waals surface area (Å²) in [7, 11) is 0. The van der Waals surface area contributed by atoms with E-state index in [1.54, 1.807) is 39.8 Å². The lowest BCUT2D eigenvalue weighted by atomic mass is 10.3. The molecule has 4 aromatic heterocycles. The minimum atomic E-state index is -0.0497. The Morgan fingerprint density at radius 3 is 2.93 bits per heavy atom. The molecule has 4 heterocycles. The van der Waals surface area contributed by atoms with Crippen LogP contribution >= 0.6 is 23.1 Å². The van der Waals surface area contributed by atoms with Crippen molar-refractivity contribution in [3.63, 3.8) is 0 Å². The molecule has 4 aromatic rings. The highest BCUT2D eigenvalue weighted by molar-refractivity contribution is 7.98. The van der Waals surface area contributed by atoms with E-state index in [0.717, 1.165) is 28.7 Å². The van der Waals surface area contributed by atoms with Gasteiger partial charge < -0.3 is 4.57 Å². The Morgan fingerprint density at radius 1 is 1.25 bits per heavy atom. The predicted molar refractivity (Wildman–Crippen MR) is 111 cm³/mol. The van der Waals surface area contributed by atoms with Crippen molar-refractivity contribution in [3.05, 3.63) is 74.2 Å². The third kappa shape index (κ3) is 3.38. The number of thioether (sulfide) groups is 1. The quantitative estimate of drug-likeness (QED) is 0.452. The lowest BCUT2D eigenvalue weighted by Gasteiger charge is -2.09. The zero-order chi connectivity index (χ0) is 19.1. The van der Waals surface area contributed by atoms with Crippen LogP contribution in [0.1, 0.15) is 40.8 Å². The van der Waals surface area contributed by atoms with Gasteiger partial charge in [0.15, 0.2) is 5.16 Å². The average Bonchev–Trinajstić information content (AvgIpc) is 3.24. The first-order valence-electron chi connectivity index (χ1n) is 9.26. The lowest BCUT2D eigenvalue weighted by molar-refractivity contribution is 0.635. The van der Waals surface area contributed by atoms with Gasteiger partial charge in [0.2, 0.25) is 0 Å². The summed E-state index contributed by atoms with van der Waals surface area (Å²) < 4.78 is 3.87. The Bertz CT molecular complexity index is 1190. The van der Waals surface area contributed by atoms with Gasteiger partial charge in [0.05, 0.1) is 5.69 Å². The van der Waals surface area contributed by atoms with E-state index in [9.17, 15) is 4.79 Å². The SMILES string of the molecule is Cc1cccn2c(=O)cc(CSc3nnc(Cc4cccs4)n3C3CC3)nc12. The van der Waals surface area contributed by atoms with Crippen LogP contribution in [0.5, 0.6) is 0 Å². The summed E-state index contributed by atoms with van der Waals surface area (Å²) in [4.78, 5) is 18.4. The standard InChI is InChI=1S/C20H19N5OS2/c1-13-4-2-8-24-18(26)10-14(21-19(13)24)12-28-20-23-22-17(25(20)15-6-7-15)11-16-5-3-9-27-16/h2-5,8-10,15H,6-7,11-12H2,1H3. The van der Waals surface area contributed by atoms with Crippen molar-refractivity contribution in [2.75, 3.05) is 0 Å². The summed E-state index contributed by atoms with van der Waals surface area (Å²) in [5.74, 6) is 1.62. The van der Waals surface area contributed by atoms with Gasteiger partial charge in [0.1, 0.15) is 11.5 Å². The van der Waals surface area contributed by atoms with Gasteiger partial charge in [-0.25, -0.2) is 4.98 Å². The van der Waals surface area contributed by atoms with Crippen LogP contribution in [0.3, 0.4) is 0 Å². The van der Waals surface area contributed by atoms with Crippen LogP contribution in [0.15, 0.2) is 51.9 Å². The maximum absolute atomic E-state index is 12.4. The summed E-state index contributed by atoms with van der Waals surface area (Å²) >= 11 is 3.35. The first-order valence-corrected chi connectivity index (χ1v) is 11.1. The number of hydrogen-bond acceptors (Lipinski definition) is 6. The van der Waals surface area contributed by atoms with Crippen LogP contribution in [-0.4, -0.2) is 24.1 Å². The topological polar surface area (TPSA) is 65.1 Å². The van der Waals surface area contributed by atoms with Gasteiger partial charge in [0, 0.05) is 35.4 Å². The molecule has 142 valence electrons. The average molecular weight is 410 g/mol. The smallest absolute Gasteiger partial charge is 0.258 e. The zero-order valence-corrected chi connectivity index (χ0v) is 17.0. The predicted octanol–water partition coefficient (Wildman–Crippen LogP) is 3.87. The minimum absolute atomic E-state index is 0.0497. The van der Waals surface area contributed by atoms with E-state index in [-0.39, 0.29) is 5.56 Å². The van der Waals surface area contributed by atoms with Crippen LogP contribution in [0.4, 0.5) is 0 Å². The summed E-state index contributed by atoms with van der Waals surface area (Å²) in [6.45, 7) is 1.97. The summed E-state index contributed by atoms with van der Waals surface area (Å²) in [6.07, 6.45) is 4.93. The third-order valence-electron chi connectivity index (χ3n) is 4.85. The van der Waals surface area contributed by atoms with Gasteiger partial charge in [0.25, 0.3) is 5.56 Å². The van der Waals surface area contributed by atoms with Gasteiger partial charge in [-0.3, -0.25) is 9.20 Å². The summed E-state index contributed by atoms with van der Waals surface area (Å²) in [5, 5.41) is 11.9. The summed E-state index contributed by atoms with van der Waals surface area (Å²) in [5.41, 5.74) is 2.43. The highest BCUT2D eigenvalue weighted by Gasteiger charge is 2.29. The molecular formula is C20H19N5OS2. The van der Waals surface area contributed by atoms with Gasteiger partial charge in [-0.15, -0.1) is 21.5 Å². The molecule has 0 spiro atoms. The van der Waals surface area contributed by atoms with E-state index >= 15 is 0 Å². The Hall–Kier alpha value is -2.45. The van der Waals surface area contributed by atoms with Crippen LogP contribution < -0.4 is 5.56 Å². The van der Waals surface area contributed by atoms with Crippen molar-refractivity contribution in [2.24, 2.45) is 0 Å². The first-order chi connectivity index (χ1) is 13.7. The van der Waals surface area contributed by atoms with Gasteiger partial charge >= 0.3 is 0 Å². The number of nitrogens with zero attached hydrogens (tertiary/aromatic N) is 5. The monoisotopic (exact) mass is 409 g/mol. The van der Waals surface area contributed by atoms with Crippen molar-refractivity contribution in [2.45, 2.75) is 43.1 Å². The van der Waals surface area contributed by atoms with E-state index in [4.69, 9.17) is 4.98 Å². The number of fused-ring (bicyclic) bond motifs is 1. The van der Waals surface area contributed by atoms with Crippen molar-refractivity contribution >= 4 is 28.7 Å². The van der Waals surface area contributed by atoms with Crippen molar-refractivity contribution in [1.82, 2.24) is 24.1 Å². The van der Waals surface area contributed by atoms with Gasteiger partial charge in [-0.1, -0.05) is 23.9 Å². The molecular weight excluding hydrogens is 390 g/mol. The number of aromatic nitrogens is 5. The largest absolute Gasteiger partial charge is 0.303 e. The molecule has 5 rings (SSSR count). The third-order valence-corrected chi connectivity index (χ3v) is 6.70. The van der Waals surface area contributed by atoms with Crippen LogP contribution in [-0.2, 0) is 12.2 Å². The van der Waals surface area contributed by atoms with E-state index in [0.29, 0.717) is 17.4 Å². The molecule has 6 nitrogen and oxygen atoms in total. The van der Waals surface area contributed by atoms with Crippen molar-refractivity contribution in [1.29, 1.82) is 0 Å². The van der Waals surface area contributed by atoms with E-state index < -0.39 is 0 Å². The molecule has 8 heteroatoms. The molecule has 0 aromatic carbocycles. The molecule has 0 aliphatic heterocycles. The normalized spacial score (nSPS) is 14.0. The van der Waals surface area contributed by atoms with E-state index in [1.807, 2.05) is 19.1 Å². The minimum Gasteiger partial charge on any atom is -0.303 e. The first kappa shape index (κ1) is 17.6. The number of thiophene rings is 1. The molecule has 0 bridgehead atoms. The van der Waals surface area contributed by atoms with Crippen LogP contribution in [0, 0.1) is 6.92 Å². The van der Waals surface area contributed by atoms with E-state index in [1.165, 1.54) is 17.7 Å². The molecule has 0 radical (unpaired) electrons. The fourth-order valence-corrected chi connectivity index (χ4v) is 4.93.